The van der Waals surface area contributed by atoms with Crippen molar-refractivity contribution in [2.75, 3.05) is 20.1 Å². The standard InChI is InChI=1S/C14H22N2/c1-16-10-6-5-9-14(16,12-15)11-13-7-3-2-4-8-13/h2-4,7-8H,5-6,9-12,15H2,1H3. The zero-order chi connectivity index (χ0) is 11.4. The lowest BCUT2D eigenvalue weighted by Crippen LogP contribution is -2.56. The molecule has 1 unspecified atom stereocenters. The molecule has 1 fully saturated rings. The molecule has 88 valence electrons. The summed E-state index contributed by atoms with van der Waals surface area (Å²) in [6.07, 6.45) is 4.94. The van der Waals surface area contributed by atoms with Crippen molar-refractivity contribution in [3.05, 3.63) is 35.9 Å². The van der Waals surface area contributed by atoms with E-state index < -0.39 is 0 Å². The SMILES string of the molecule is CN1CCCCC1(CN)Cc1ccccc1. The van der Waals surface area contributed by atoms with E-state index in [9.17, 15) is 0 Å². The summed E-state index contributed by atoms with van der Waals surface area (Å²) in [4.78, 5) is 2.46. The number of likely N-dealkylation sites (tertiary alicyclic amines) is 1. The minimum Gasteiger partial charge on any atom is -0.329 e. The van der Waals surface area contributed by atoms with E-state index in [0.29, 0.717) is 0 Å². The number of hydrogen-bond donors (Lipinski definition) is 1. The average molecular weight is 218 g/mol. The second-order valence-electron chi connectivity index (χ2n) is 4.97. The van der Waals surface area contributed by atoms with Crippen LogP contribution in [0.1, 0.15) is 24.8 Å². The molecule has 1 saturated heterocycles. The van der Waals surface area contributed by atoms with E-state index in [2.05, 4.69) is 42.3 Å². The van der Waals surface area contributed by atoms with Gasteiger partial charge >= 0.3 is 0 Å². The molecule has 0 bridgehead atoms. The fourth-order valence-corrected chi connectivity index (χ4v) is 2.76. The second kappa shape index (κ2) is 4.98. The quantitative estimate of drug-likeness (QED) is 0.841. The molecule has 2 N–H and O–H groups in total. The van der Waals surface area contributed by atoms with Crippen LogP contribution in [0.3, 0.4) is 0 Å². The first-order valence-corrected chi connectivity index (χ1v) is 6.22. The first-order valence-electron chi connectivity index (χ1n) is 6.22. The first kappa shape index (κ1) is 11.6. The second-order valence-corrected chi connectivity index (χ2v) is 4.97. The molecule has 1 aromatic carbocycles. The fraction of sp³-hybridized carbons (Fsp3) is 0.571. The molecule has 2 heteroatoms. The van der Waals surface area contributed by atoms with Crippen LogP contribution in [0.5, 0.6) is 0 Å². The van der Waals surface area contributed by atoms with Crippen LogP contribution in [-0.2, 0) is 6.42 Å². The third kappa shape index (κ3) is 2.28. The highest BCUT2D eigenvalue weighted by atomic mass is 15.2. The Bertz CT molecular complexity index is 323. The van der Waals surface area contributed by atoms with Crippen molar-refractivity contribution < 1.29 is 0 Å². The Kier molecular flexibility index (Phi) is 3.62. The lowest BCUT2D eigenvalue weighted by atomic mass is 9.81. The van der Waals surface area contributed by atoms with Crippen LogP contribution in [0.25, 0.3) is 0 Å². The highest BCUT2D eigenvalue weighted by Gasteiger charge is 2.35. The van der Waals surface area contributed by atoms with Gasteiger partial charge in [-0.3, -0.25) is 4.90 Å². The zero-order valence-electron chi connectivity index (χ0n) is 10.2. The molecule has 2 nitrogen and oxygen atoms in total. The molecule has 2 rings (SSSR count). The van der Waals surface area contributed by atoms with Crippen molar-refractivity contribution in [1.29, 1.82) is 0 Å². The highest BCUT2D eigenvalue weighted by Crippen LogP contribution is 2.29. The highest BCUT2D eigenvalue weighted by molar-refractivity contribution is 5.18. The van der Waals surface area contributed by atoms with Gasteiger partial charge in [-0.2, -0.15) is 0 Å². The van der Waals surface area contributed by atoms with E-state index in [4.69, 9.17) is 5.73 Å². The Balaban J connectivity index is 2.15. The summed E-state index contributed by atoms with van der Waals surface area (Å²) in [6.45, 7) is 1.95. The zero-order valence-corrected chi connectivity index (χ0v) is 10.2. The van der Waals surface area contributed by atoms with Crippen LogP contribution >= 0.6 is 0 Å². The maximum Gasteiger partial charge on any atom is 0.0368 e. The lowest BCUT2D eigenvalue weighted by Gasteiger charge is -2.45. The summed E-state index contributed by atoms with van der Waals surface area (Å²) in [6, 6.07) is 10.7. The number of likely N-dealkylation sites (N-methyl/N-ethyl adjacent to an activating group) is 1. The third-order valence-corrected chi connectivity index (χ3v) is 3.95. The maximum absolute atomic E-state index is 6.03. The molecule has 16 heavy (non-hydrogen) atoms. The van der Waals surface area contributed by atoms with E-state index in [-0.39, 0.29) is 5.54 Å². The average Bonchev–Trinajstić information content (AvgIpc) is 2.34. The fourth-order valence-electron chi connectivity index (χ4n) is 2.76. The largest absolute Gasteiger partial charge is 0.329 e. The van der Waals surface area contributed by atoms with E-state index in [0.717, 1.165) is 13.0 Å². The van der Waals surface area contributed by atoms with Gasteiger partial charge in [0.1, 0.15) is 0 Å². The molecular formula is C14H22N2. The molecule has 1 aliphatic heterocycles. The van der Waals surface area contributed by atoms with Gasteiger partial charge in [-0.1, -0.05) is 36.8 Å². The van der Waals surface area contributed by atoms with Crippen molar-refractivity contribution in [2.45, 2.75) is 31.2 Å². The number of hydrogen-bond acceptors (Lipinski definition) is 2. The van der Waals surface area contributed by atoms with Crippen molar-refractivity contribution in [3.63, 3.8) is 0 Å². The molecule has 0 amide bonds. The Hall–Kier alpha value is -0.860. The van der Waals surface area contributed by atoms with Crippen LogP contribution in [0, 0.1) is 0 Å². The van der Waals surface area contributed by atoms with Crippen LogP contribution in [0.4, 0.5) is 0 Å². The van der Waals surface area contributed by atoms with Gasteiger partial charge in [-0.15, -0.1) is 0 Å². The van der Waals surface area contributed by atoms with Gasteiger partial charge < -0.3 is 5.73 Å². The Morgan fingerprint density at radius 3 is 2.62 bits per heavy atom. The molecule has 0 spiro atoms. The molecule has 0 radical (unpaired) electrons. The molecular weight excluding hydrogens is 196 g/mol. The monoisotopic (exact) mass is 218 g/mol. The van der Waals surface area contributed by atoms with E-state index in [1.807, 2.05) is 0 Å². The van der Waals surface area contributed by atoms with E-state index >= 15 is 0 Å². The summed E-state index contributed by atoms with van der Waals surface area (Å²) in [5.74, 6) is 0. The van der Waals surface area contributed by atoms with Gasteiger partial charge in [0.05, 0.1) is 0 Å². The van der Waals surface area contributed by atoms with Crippen LogP contribution < -0.4 is 5.73 Å². The van der Waals surface area contributed by atoms with Crippen LogP contribution in [0.15, 0.2) is 30.3 Å². The minimum absolute atomic E-state index is 0.194. The topological polar surface area (TPSA) is 29.3 Å². The van der Waals surface area contributed by atoms with Crippen LogP contribution in [0.2, 0.25) is 0 Å². The lowest BCUT2D eigenvalue weighted by molar-refractivity contribution is 0.0804. The van der Waals surface area contributed by atoms with Crippen molar-refractivity contribution in [3.8, 4) is 0 Å². The summed E-state index contributed by atoms with van der Waals surface area (Å²) in [5.41, 5.74) is 7.63. The van der Waals surface area contributed by atoms with E-state index in [1.54, 1.807) is 0 Å². The predicted octanol–water partition coefficient (Wildman–Crippen LogP) is 2.04. The van der Waals surface area contributed by atoms with Crippen molar-refractivity contribution in [1.82, 2.24) is 4.90 Å². The minimum atomic E-state index is 0.194. The molecule has 1 aliphatic rings. The van der Waals surface area contributed by atoms with Gasteiger partial charge in [-0.25, -0.2) is 0 Å². The van der Waals surface area contributed by atoms with Crippen molar-refractivity contribution in [2.24, 2.45) is 5.73 Å². The normalized spacial score (nSPS) is 26.9. The van der Waals surface area contributed by atoms with Crippen molar-refractivity contribution >= 4 is 0 Å². The Morgan fingerprint density at radius 2 is 2.00 bits per heavy atom. The number of benzene rings is 1. The number of piperidine rings is 1. The summed E-state index contributed by atoms with van der Waals surface area (Å²) in [7, 11) is 2.22. The maximum atomic E-state index is 6.03. The number of rotatable bonds is 3. The molecule has 0 saturated carbocycles. The van der Waals surface area contributed by atoms with Gasteiger partial charge in [0.15, 0.2) is 0 Å². The molecule has 1 atom stereocenters. The Labute approximate surface area is 98.4 Å². The van der Waals surface area contributed by atoms with Crippen LogP contribution in [-0.4, -0.2) is 30.6 Å². The van der Waals surface area contributed by atoms with Gasteiger partial charge in [0.25, 0.3) is 0 Å². The van der Waals surface area contributed by atoms with Gasteiger partial charge in [-0.05, 0) is 38.4 Å². The molecule has 0 aliphatic carbocycles. The summed E-state index contributed by atoms with van der Waals surface area (Å²) in [5, 5.41) is 0. The smallest absolute Gasteiger partial charge is 0.0368 e. The molecule has 1 heterocycles. The van der Waals surface area contributed by atoms with Gasteiger partial charge in [0.2, 0.25) is 0 Å². The van der Waals surface area contributed by atoms with E-state index in [1.165, 1.54) is 31.4 Å². The molecule has 0 aromatic heterocycles. The number of nitrogens with zero attached hydrogens (tertiary/aromatic N) is 1. The van der Waals surface area contributed by atoms with Gasteiger partial charge in [0, 0.05) is 12.1 Å². The first-order chi connectivity index (χ1) is 7.77. The summed E-state index contributed by atoms with van der Waals surface area (Å²) < 4.78 is 0. The number of nitrogens with two attached hydrogens (primary N) is 1. The molecule has 1 aromatic rings. The predicted molar refractivity (Wildman–Crippen MR) is 68.4 cm³/mol. The third-order valence-electron chi connectivity index (χ3n) is 3.95. The summed E-state index contributed by atoms with van der Waals surface area (Å²) >= 11 is 0. The Morgan fingerprint density at radius 1 is 1.25 bits per heavy atom.